The number of anilines is 1. The smallest absolute Gasteiger partial charge is 0.262 e. The third-order valence-corrected chi connectivity index (χ3v) is 6.72. The van der Waals surface area contributed by atoms with E-state index in [1.165, 1.54) is 12.1 Å². The lowest BCUT2D eigenvalue weighted by molar-refractivity contribution is -0.115. The standard InChI is InChI=1S/C22H27ClN4O3S/c1-16(19-10-4-5-11-20(19)23)25-15-22(28)26-17-8-7-9-18(14-17)31(29,30)27-21-12-3-2-6-13-24-21/h4-5,7-11,14,16,25H,2-3,6,12-13,15H2,1H3,(H,24,27)(H,26,28). The van der Waals surface area contributed by atoms with Gasteiger partial charge in [0.05, 0.1) is 11.4 Å². The summed E-state index contributed by atoms with van der Waals surface area (Å²) in [6, 6.07) is 13.5. The van der Waals surface area contributed by atoms with Crippen molar-refractivity contribution in [2.24, 2.45) is 4.99 Å². The molecule has 3 N–H and O–H groups in total. The van der Waals surface area contributed by atoms with E-state index in [1.807, 2.05) is 25.1 Å². The molecular formula is C22H27ClN4O3S. The lowest BCUT2D eigenvalue weighted by Crippen LogP contribution is -2.31. The van der Waals surface area contributed by atoms with Gasteiger partial charge in [0, 0.05) is 29.7 Å². The van der Waals surface area contributed by atoms with Crippen LogP contribution in [0.3, 0.4) is 0 Å². The van der Waals surface area contributed by atoms with Gasteiger partial charge < -0.3 is 10.6 Å². The fraction of sp³-hybridized carbons (Fsp3) is 0.364. The minimum atomic E-state index is -3.76. The van der Waals surface area contributed by atoms with E-state index in [1.54, 1.807) is 18.2 Å². The molecule has 0 aromatic heterocycles. The first kappa shape index (κ1) is 23.2. The first-order chi connectivity index (χ1) is 14.8. The Bertz CT molecular complexity index is 1060. The first-order valence-corrected chi connectivity index (χ1v) is 12.1. The van der Waals surface area contributed by atoms with Gasteiger partial charge >= 0.3 is 0 Å². The summed E-state index contributed by atoms with van der Waals surface area (Å²) in [4.78, 5) is 16.8. The number of carbonyl (C=O) groups excluding carboxylic acids is 1. The van der Waals surface area contributed by atoms with Gasteiger partial charge in [0.15, 0.2) is 0 Å². The molecule has 2 aromatic rings. The molecule has 1 amide bonds. The van der Waals surface area contributed by atoms with Crippen LogP contribution >= 0.6 is 11.6 Å². The summed E-state index contributed by atoms with van der Waals surface area (Å²) in [6.45, 7) is 2.61. The summed E-state index contributed by atoms with van der Waals surface area (Å²) < 4.78 is 28.0. The number of rotatable bonds is 7. The molecule has 0 saturated heterocycles. The minimum absolute atomic E-state index is 0.0540. The van der Waals surface area contributed by atoms with Crippen LogP contribution in [0.1, 0.15) is 44.2 Å². The molecule has 0 radical (unpaired) electrons. The Hall–Kier alpha value is -2.42. The number of amidine groups is 1. The highest BCUT2D eigenvalue weighted by Crippen LogP contribution is 2.22. The summed E-state index contributed by atoms with van der Waals surface area (Å²) in [6.07, 6.45) is 3.54. The van der Waals surface area contributed by atoms with E-state index in [4.69, 9.17) is 11.6 Å². The summed E-state index contributed by atoms with van der Waals surface area (Å²) >= 11 is 6.19. The van der Waals surface area contributed by atoms with Crippen molar-refractivity contribution in [1.82, 2.24) is 10.0 Å². The largest absolute Gasteiger partial charge is 0.325 e. The zero-order valence-corrected chi connectivity index (χ0v) is 19.0. The van der Waals surface area contributed by atoms with E-state index in [9.17, 15) is 13.2 Å². The van der Waals surface area contributed by atoms with Crippen molar-refractivity contribution < 1.29 is 13.2 Å². The zero-order valence-electron chi connectivity index (χ0n) is 17.4. The Balaban J connectivity index is 1.60. The number of halogens is 1. The van der Waals surface area contributed by atoms with E-state index in [0.29, 0.717) is 29.5 Å². The molecule has 2 aromatic carbocycles. The van der Waals surface area contributed by atoms with Crippen LogP contribution in [0.5, 0.6) is 0 Å². The van der Waals surface area contributed by atoms with E-state index >= 15 is 0 Å². The first-order valence-electron chi connectivity index (χ1n) is 10.3. The molecule has 0 saturated carbocycles. The Morgan fingerprint density at radius 3 is 2.74 bits per heavy atom. The summed E-state index contributed by atoms with van der Waals surface area (Å²) in [5, 5.41) is 6.49. The normalized spacial score (nSPS) is 15.5. The maximum atomic E-state index is 12.7. The Morgan fingerprint density at radius 2 is 1.94 bits per heavy atom. The SMILES string of the molecule is CC(NCC(=O)Nc1cccc(S(=O)(=O)NC2=NCCCCC2)c1)c1ccccc1Cl. The van der Waals surface area contributed by atoms with Crippen LogP contribution in [0.15, 0.2) is 58.4 Å². The van der Waals surface area contributed by atoms with Crippen LogP contribution in [0.25, 0.3) is 0 Å². The molecule has 7 nitrogen and oxygen atoms in total. The van der Waals surface area contributed by atoms with E-state index in [0.717, 1.165) is 24.8 Å². The average Bonchev–Trinajstić information content (AvgIpc) is 3.01. The van der Waals surface area contributed by atoms with Gasteiger partial charge in [0.2, 0.25) is 5.91 Å². The molecule has 166 valence electrons. The summed E-state index contributed by atoms with van der Waals surface area (Å²) in [7, 11) is -3.76. The summed E-state index contributed by atoms with van der Waals surface area (Å²) in [5.41, 5.74) is 1.31. The van der Waals surface area contributed by atoms with Gasteiger partial charge in [0.25, 0.3) is 10.0 Å². The Labute approximate surface area is 188 Å². The van der Waals surface area contributed by atoms with Crippen LogP contribution in [0, 0.1) is 0 Å². The number of nitrogens with one attached hydrogen (secondary N) is 3. The molecule has 9 heteroatoms. The fourth-order valence-corrected chi connectivity index (χ4v) is 4.73. The summed E-state index contributed by atoms with van der Waals surface area (Å²) in [5.74, 6) is 0.208. The number of carbonyl (C=O) groups is 1. The average molecular weight is 463 g/mol. The third kappa shape index (κ3) is 6.78. The van der Waals surface area contributed by atoms with Crippen molar-refractivity contribution in [1.29, 1.82) is 0 Å². The molecule has 1 aliphatic heterocycles. The fourth-order valence-electron chi connectivity index (χ4n) is 3.30. The molecular weight excluding hydrogens is 436 g/mol. The maximum absolute atomic E-state index is 12.7. The molecule has 0 fully saturated rings. The van der Waals surface area contributed by atoms with Crippen LogP contribution in [-0.4, -0.2) is 33.3 Å². The van der Waals surface area contributed by atoms with Crippen LogP contribution in [0.2, 0.25) is 5.02 Å². The van der Waals surface area contributed by atoms with Gasteiger partial charge in [-0.3, -0.25) is 14.5 Å². The number of benzene rings is 2. The predicted octanol–water partition coefficient (Wildman–Crippen LogP) is 3.88. The highest BCUT2D eigenvalue weighted by atomic mass is 35.5. The number of hydrogen-bond acceptors (Lipinski definition) is 5. The third-order valence-electron chi connectivity index (χ3n) is 5.00. The number of sulfonamides is 1. The van der Waals surface area contributed by atoms with E-state index in [-0.39, 0.29) is 23.4 Å². The molecule has 0 bridgehead atoms. The van der Waals surface area contributed by atoms with E-state index < -0.39 is 10.0 Å². The van der Waals surface area contributed by atoms with Gasteiger partial charge in [-0.25, -0.2) is 8.42 Å². The van der Waals surface area contributed by atoms with Crippen molar-refractivity contribution >= 4 is 39.1 Å². The monoisotopic (exact) mass is 462 g/mol. The van der Waals surface area contributed by atoms with Crippen molar-refractivity contribution in [2.45, 2.75) is 43.5 Å². The van der Waals surface area contributed by atoms with Crippen molar-refractivity contribution in [3.8, 4) is 0 Å². The number of amides is 1. The lowest BCUT2D eigenvalue weighted by atomic mass is 10.1. The highest BCUT2D eigenvalue weighted by molar-refractivity contribution is 7.90. The molecule has 31 heavy (non-hydrogen) atoms. The number of hydrogen-bond donors (Lipinski definition) is 3. The Morgan fingerprint density at radius 1 is 1.13 bits per heavy atom. The molecule has 0 spiro atoms. The van der Waals surface area contributed by atoms with E-state index in [2.05, 4.69) is 20.3 Å². The quantitative estimate of drug-likeness (QED) is 0.581. The van der Waals surface area contributed by atoms with Crippen LogP contribution in [0.4, 0.5) is 5.69 Å². The second-order valence-electron chi connectivity index (χ2n) is 7.44. The zero-order chi connectivity index (χ0) is 22.3. The van der Waals surface area contributed by atoms with Crippen molar-refractivity contribution in [3.05, 3.63) is 59.1 Å². The van der Waals surface area contributed by atoms with Gasteiger partial charge in [-0.1, -0.05) is 42.3 Å². The molecule has 0 aliphatic carbocycles. The van der Waals surface area contributed by atoms with Gasteiger partial charge in [0.1, 0.15) is 5.84 Å². The maximum Gasteiger partial charge on any atom is 0.262 e. The van der Waals surface area contributed by atoms with Crippen LogP contribution < -0.4 is 15.4 Å². The van der Waals surface area contributed by atoms with Crippen LogP contribution in [-0.2, 0) is 14.8 Å². The lowest BCUT2D eigenvalue weighted by Gasteiger charge is -2.16. The molecule has 1 atom stereocenters. The number of aliphatic imine (C=N–C) groups is 1. The minimum Gasteiger partial charge on any atom is -0.325 e. The van der Waals surface area contributed by atoms with Gasteiger partial charge in [-0.2, -0.15) is 0 Å². The molecule has 1 heterocycles. The molecule has 1 aliphatic rings. The highest BCUT2D eigenvalue weighted by Gasteiger charge is 2.18. The second-order valence-corrected chi connectivity index (χ2v) is 9.53. The topological polar surface area (TPSA) is 99.7 Å². The number of nitrogens with zero attached hydrogens (tertiary/aromatic N) is 1. The predicted molar refractivity (Wildman–Crippen MR) is 124 cm³/mol. The van der Waals surface area contributed by atoms with Crippen molar-refractivity contribution in [3.63, 3.8) is 0 Å². The van der Waals surface area contributed by atoms with Crippen molar-refractivity contribution in [2.75, 3.05) is 18.4 Å². The molecule has 3 rings (SSSR count). The molecule has 1 unspecified atom stereocenters. The second kappa shape index (κ2) is 10.7. The van der Waals surface area contributed by atoms with Gasteiger partial charge in [-0.05, 0) is 49.6 Å². The van der Waals surface area contributed by atoms with Gasteiger partial charge in [-0.15, -0.1) is 0 Å². The Kier molecular flexibility index (Phi) is 8.06.